The van der Waals surface area contributed by atoms with Crippen molar-refractivity contribution in [1.82, 2.24) is 4.90 Å². The molecule has 17 heavy (non-hydrogen) atoms. The van der Waals surface area contributed by atoms with Crippen LogP contribution in [0.4, 0.5) is 0 Å². The summed E-state index contributed by atoms with van der Waals surface area (Å²) in [6.07, 6.45) is 0.966. The summed E-state index contributed by atoms with van der Waals surface area (Å²) in [5.41, 5.74) is 1.34. The van der Waals surface area contributed by atoms with Crippen molar-refractivity contribution < 1.29 is 4.79 Å². The molecule has 1 heterocycles. The molecule has 1 atom stereocenters. The maximum Gasteiger partial charge on any atom is 0.141 e. The largest absolute Gasteiger partial charge is 0.299 e. The second-order valence-electron chi connectivity index (χ2n) is 5.09. The van der Waals surface area contributed by atoms with Crippen LogP contribution in [0.1, 0.15) is 25.8 Å². The molecule has 92 valence electrons. The molecule has 2 nitrogen and oxygen atoms in total. The molecule has 1 fully saturated rings. The third kappa shape index (κ3) is 2.95. The molecule has 0 N–H and O–H groups in total. The third-order valence-corrected chi connectivity index (χ3v) is 3.71. The smallest absolute Gasteiger partial charge is 0.141 e. The minimum absolute atomic E-state index is 0.235. The number of likely N-dealkylation sites (tertiary alicyclic amines) is 1. The Morgan fingerprint density at radius 1 is 1.35 bits per heavy atom. The van der Waals surface area contributed by atoms with Crippen LogP contribution in [0.25, 0.3) is 0 Å². The standard InChI is InChI=1S/C15H21NO/c1-3-12(2)15(17)14-10-16(11-14)9-13-7-5-4-6-8-13/h4-8,12,14H,3,9-11H2,1-2H3. The van der Waals surface area contributed by atoms with Crippen molar-refractivity contribution >= 4 is 5.78 Å². The molecule has 1 saturated heterocycles. The van der Waals surface area contributed by atoms with Gasteiger partial charge in [-0.3, -0.25) is 9.69 Å². The van der Waals surface area contributed by atoms with Crippen LogP contribution >= 0.6 is 0 Å². The number of carbonyl (C=O) groups is 1. The van der Waals surface area contributed by atoms with Crippen molar-refractivity contribution in [1.29, 1.82) is 0 Å². The number of Topliss-reactive ketones (excluding diaryl/α,β-unsaturated/α-hetero) is 1. The Morgan fingerprint density at radius 3 is 2.59 bits per heavy atom. The summed E-state index contributed by atoms with van der Waals surface area (Å²) in [4.78, 5) is 14.3. The lowest BCUT2D eigenvalue weighted by molar-refractivity contribution is -0.131. The minimum Gasteiger partial charge on any atom is -0.299 e. The first-order valence-corrected chi connectivity index (χ1v) is 6.50. The Kier molecular flexibility index (Phi) is 3.95. The van der Waals surface area contributed by atoms with Crippen molar-refractivity contribution in [3.05, 3.63) is 35.9 Å². The van der Waals surface area contributed by atoms with Gasteiger partial charge in [-0.25, -0.2) is 0 Å². The van der Waals surface area contributed by atoms with E-state index in [1.54, 1.807) is 0 Å². The van der Waals surface area contributed by atoms with Gasteiger partial charge >= 0.3 is 0 Å². The van der Waals surface area contributed by atoms with Crippen molar-refractivity contribution in [2.24, 2.45) is 11.8 Å². The maximum absolute atomic E-state index is 11.9. The topological polar surface area (TPSA) is 20.3 Å². The molecule has 2 heteroatoms. The lowest BCUT2D eigenvalue weighted by Crippen LogP contribution is -2.50. The van der Waals surface area contributed by atoms with Gasteiger partial charge in [-0.05, 0) is 12.0 Å². The van der Waals surface area contributed by atoms with Gasteiger partial charge in [-0.2, -0.15) is 0 Å². The van der Waals surface area contributed by atoms with Crippen LogP contribution in [0.2, 0.25) is 0 Å². The predicted octanol–water partition coefficient (Wildman–Crippen LogP) is 2.73. The molecule has 0 radical (unpaired) electrons. The van der Waals surface area contributed by atoms with Gasteiger partial charge in [0.1, 0.15) is 5.78 Å². The Balaban J connectivity index is 1.78. The zero-order valence-electron chi connectivity index (χ0n) is 10.7. The molecular formula is C15H21NO. The fourth-order valence-corrected chi connectivity index (χ4v) is 2.32. The summed E-state index contributed by atoms with van der Waals surface area (Å²) in [6, 6.07) is 10.5. The molecule has 0 aromatic heterocycles. The van der Waals surface area contributed by atoms with E-state index in [1.165, 1.54) is 5.56 Å². The maximum atomic E-state index is 11.9. The average Bonchev–Trinajstić information content (AvgIpc) is 2.32. The summed E-state index contributed by atoms with van der Waals surface area (Å²) < 4.78 is 0. The van der Waals surface area contributed by atoms with E-state index in [-0.39, 0.29) is 11.8 Å². The van der Waals surface area contributed by atoms with Gasteiger partial charge in [0.25, 0.3) is 0 Å². The second kappa shape index (κ2) is 5.46. The van der Waals surface area contributed by atoms with Gasteiger partial charge in [0.15, 0.2) is 0 Å². The van der Waals surface area contributed by atoms with Crippen molar-refractivity contribution in [3.8, 4) is 0 Å². The Hall–Kier alpha value is -1.15. The van der Waals surface area contributed by atoms with Gasteiger partial charge in [0, 0.05) is 31.5 Å². The molecule has 1 aliphatic heterocycles. The van der Waals surface area contributed by atoms with Crippen molar-refractivity contribution in [2.75, 3.05) is 13.1 Å². The highest BCUT2D eigenvalue weighted by molar-refractivity contribution is 5.84. The van der Waals surface area contributed by atoms with Crippen LogP contribution in [-0.2, 0) is 11.3 Å². The number of hydrogen-bond acceptors (Lipinski definition) is 2. The normalized spacial score (nSPS) is 18.7. The van der Waals surface area contributed by atoms with E-state index in [0.29, 0.717) is 5.78 Å². The Labute approximate surface area is 104 Å². The van der Waals surface area contributed by atoms with Crippen LogP contribution in [0.5, 0.6) is 0 Å². The quantitative estimate of drug-likeness (QED) is 0.776. The lowest BCUT2D eigenvalue weighted by Gasteiger charge is -2.39. The van der Waals surface area contributed by atoms with Crippen LogP contribution in [-0.4, -0.2) is 23.8 Å². The van der Waals surface area contributed by atoms with Gasteiger partial charge in [0.05, 0.1) is 0 Å². The van der Waals surface area contributed by atoms with Crippen LogP contribution < -0.4 is 0 Å². The lowest BCUT2D eigenvalue weighted by atomic mass is 9.86. The second-order valence-corrected chi connectivity index (χ2v) is 5.09. The average molecular weight is 231 g/mol. The van der Waals surface area contributed by atoms with E-state index in [0.717, 1.165) is 26.1 Å². The summed E-state index contributed by atoms with van der Waals surface area (Å²) >= 11 is 0. The summed E-state index contributed by atoms with van der Waals surface area (Å²) in [5.74, 6) is 0.976. The van der Waals surface area contributed by atoms with Gasteiger partial charge in [-0.1, -0.05) is 44.2 Å². The molecule has 0 bridgehead atoms. The van der Waals surface area contributed by atoms with E-state index in [1.807, 2.05) is 13.0 Å². The van der Waals surface area contributed by atoms with Crippen LogP contribution in [0.15, 0.2) is 30.3 Å². The highest BCUT2D eigenvalue weighted by Crippen LogP contribution is 2.23. The number of rotatable bonds is 5. The van der Waals surface area contributed by atoms with E-state index in [9.17, 15) is 4.79 Å². The minimum atomic E-state index is 0.235. The van der Waals surface area contributed by atoms with Crippen molar-refractivity contribution in [2.45, 2.75) is 26.8 Å². The van der Waals surface area contributed by atoms with E-state index in [4.69, 9.17) is 0 Å². The molecule has 0 spiro atoms. The number of benzene rings is 1. The van der Waals surface area contributed by atoms with E-state index in [2.05, 4.69) is 36.1 Å². The highest BCUT2D eigenvalue weighted by atomic mass is 16.1. The van der Waals surface area contributed by atoms with Crippen LogP contribution in [0, 0.1) is 11.8 Å². The third-order valence-electron chi connectivity index (χ3n) is 3.71. The van der Waals surface area contributed by atoms with E-state index < -0.39 is 0 Å². The zero-order valence-corrected chi connectivity index (χ0v) is 10.7. The monoisotopic (exact) mass is 231 g/mol. The van der Waals surface area contributed by atoms with Gasteiger partial charge in [-0.15, -0.1) is 0 Å². The fourth-order valence-electron chi connectivity index (χ4n) is 2.32. The first-order chi connectivity index (χ1) is 8.20. The van der Waals surface area contributed by atoms with Crippen LogP contribution in [0.3, 0.4) is 0 Å². The molecule has 1 aromatic carbocycles. The van der Waals surface area contributed by atoms with E-state index >= 15 is 0 Å². The molecule has 1 aliphatic rings. The summed E-state index contributed by atoms with van der Waals surface area (Å²) in [7, 11) is 0. The number of carbonyl (C=O) groups excluding carboxylic acids is 1. The summed E-state index contributed by atoms with van der Waals surface area (Å²) in [6.45, 7) is 6.99. The Bertz CT molecular complexity index is 368. The molecular weight excluding hydrogens is 210 g/mol. The molecule has 2 rings (SSSR count). The first kappa shape index (κ1) is 12.3. The zero-order chi connectivity index (χ0) is 12.3. The van der Waals surface area contributed by atoms with Crippen molar-refractivity contribution in [3.63, 3.8) is 0 Å². The fraction of sp³-hybridized carbons (Fsp3) is 0.533. The predicted molar refractivity (Wildman–Crippen MR) is 69.7 cm³/mol. The molecule has 0 amide bonds. The SMILES string of the molecule is CCC(C)C(=O)C1CN(Cc2ccccc2)C1. The first-order valence-electron chi connectivity index (χ1n) is 6.50. The highest BCUT2D eigenvalue weighted by Gasteiger charge is 2.33. The molecule has 0 aliphatic carbocycles. The number of hydrogen-bond donors (Lipinski definition) is 0. The number of nitrogens with zero attached hydrogens (tertiary/aromatic N) is 1. The molecule has 1 aromatic rings. The Morgan fingerprint density at radius 2 is 2.00 bits per heavy atom. The molecule has 1 unspecified atom stereocenters. The summed E-state index contributed by atoms with van der Waals surface area (Å²) in [5, 5.41) is 0. The van der Waals surface area contributed by atoms with Gasteiger partial charge in [0.2, 0.25) is 0 Å². The number of ketones is 1. The van der Waals surface area contributed by atoms with Gasteiger partial charge < -0.3 is 0 Å². The molecule has 0 saturated carbocycles.